The summed E-state index contributed by atoms with van der Waals surface area (Å²) in [7, 11) is -1.40. The summed E-state index contributed by atoms with van der Waals surface area (Å²) in [6.07, 6.45) is 0. The zero-order valence-electron chi connectivity index (χ0n) is 16.1. The highest BCUT2D eigenvalue weighted by Gasteiger charge is 2.23. The third kappa shape index (κ3) is 5.93. The van der Waals surface area contributed by atoms with Crippen LogP contribution in [0.3, 0.4) is 0 Å². The largest absolute Gasteiger partial charge is 0.447 e. The minimum Gasteiger partial charge on any atom is -0.447 e. The van der Waals surface area contributed by atoms with E-state index < -0.39 is 16.8 Å². The summed E-state index contributed by atoms with van der Waals surface area (Å²) in [6, 6.07) is 16.0. The van der Waals surface area contributed by atoms with Crippen molar-refractivity contribution >= 4 is 16.8 Å². The molecule has 2 aromatic rings. The van der Waals surface area contributed by atoms with Crippen molar-refractivity contribution < 1.29 is 18.1 Å². The first-order valence-corrected chi connectivity index (χ1v) is 11.8. The van der Waals surface area contributed by atoms with E-state index >= 15 is 0 Å². The van der Waals surface area contributed by atoms with Gasteiger partial charge in [0.05, 0.1) is 13.2 Å². The van der Waals surface area contributed by atoms with Crippen LogP contribution in [0.5, 0.6) is 11.5 Å². The minimum atomic E-state index is -0.717. The van der Waals surface area contributed by atoms with Crippen LogP contribution in [-0.2, 0) is 22.3 Å². The Morgan fingerprint density at radius 3 is 1.85 bits per heavy atom. The predicted octanol–water partition coefficient (Wildman–Crippen LogP) is 6.88. The fourth-order valence-electron chi connectivity index (χ4n) is 2.26. The third-order valence-corrected chi connectivity index (χ3v) is 6.08. The van der Waals surface area contributed by atoms with Crippen molar-refractivity contribution in [2.24, 2.45) is 0 Å². The Morgan fingerprint density at radius 1 is 0.769 bits per heavy atom. The van der Waals surface area contributed by atoms with E-state index in [0.29, 0.717) is 18.9 Å². The van der Waals surface area contributed by atoms with Gasteiger partial charge in [-0.05, 0) is 12.1 Å². The van der Waals surface area contributed by atoms with Crippen molar-refractivity contribution in [1.82, 2.24) is 0 Å². The summed E-state index contributed by atoms with van der Waals surface area (Å²) < 4.78 is 22.2. The van der Waals surface area contributed by atoms with Gasteiger partial charge in [0.15, 0.2) is 0 Å². The molecule has 0 aliphatic carbocycles. The fraction of sp³-hybridized carbons (Fsp3) is 0.400. The summed E-state index contributed by atoms with van der Waals surface area (Å²) in [6.45, 7) is 11.6. The van der Waals surface area contributed by atoms with Crippen molar-refractivity contribution in [1.29, 1.82) is 0 Å². The van der Waals surface area contributed by atoms with Crippen LogP contribution in [0, 0.1) is 0 Å². The Hall–Kier alpha value is -1.18. The molecule has 2 aliphatic rings. The first kappa shape index (κ1) is 21.1. The Bertz CT molecular complexity index is 678. The third-order valence-electron chi connectivity index (χ3n) is 3.53. The van der Waals surface area contributed by atoms with Crippen molar-refractivity contribution in [2.45, 2.75) is 46.6 Å². The number of hydrogen-bond acceptors (Lipinski definition) is 4. The van der Waals surface area contributed by atoms with Crippen LogP contribution >= 0.6 is 16.8 Å². The van der Waals surface area contributed by atoms with Crippen LogP contribution in [0.2, 0.25) is 0 Å². The summed E-state index contributed by atoms with van der Waals surface area (Å²) in [4.78, 5) is 0. The molecule has 2 unspecified atom stereocenters. The standard InChI is InChI=1S/C10H13O2P.C8H9O2P.C2H6/c1-8(2)13-11-7-9-5-3-4-6-10(9)12-13;1-11-9-6-7-4-2-3-5-8(7)10-11;1-2/h3-6,8H,7H2,1-2H3;2-5H,6H2,1H3;1-2H3. The van der Waals surface area contributed by atoms with Gasteiger partial charge >= 0.3 is 0 Å². The zero-order chi connectivity index (χ0) is 18.9. The van der Waals surface area contributed by atoms with Crippen molar-refractivity contribution in [2.75, 3.05) is 6.66 Å². The maximum absolute atomic E-state index is 5.74. The fourth-order valence-corrected chi connectivity index (χ4v) is 4.29. The molecule has 0 N–H and O–H groups in total. The van der Waals surface area contributed by atoms with Gasteiger partial charge in [0.25, 0.3) is 0 Å². The Kier molecular flexibility index (Phi) is 8.81. The maximum Gasteiger partial charge on any atom is 0.233 e. The van der Waals surface area contributed by atoms with Gasteiger partial charge in [-0.2, -0.15) is 0 Å². The monoisotopic (exact) mass is 394 g/mol. The highest BCUT2D eigenvalue weighted by Crippen LogP contribution is 2.49. The summed E-state index contributed by atoms with van der Waals surface area (Å²) in [5, 5.41) is 0. The van der Waals surface area contributed by atoms with E-state index in [2.05, 4.69) is 13.8 Å². The van der Waals surface area contributed by atoms with E-state index in [1.165, 1.54) is 0 Å². The van der Waals surface area contributed by atoms with Crippen LogP contribution in [0.15, 0.2) is 48.5 Å². The average Bonchev–Trinajstić information content (AvgIpc) is 2.69. The predicted molar refractivity (Wildman–Crippen MR) is 110 cm³/mol. The molecule has 0 radical (unpaired) electrons. The van der Waals surface area contributed by atoms with Crippen LogP contribution in [0.25, 0.3) is 0 Å². The number of hydrogen-bond donors (Lipinski definition) is 0. The van der Waals surface area contributed by atoms with Gasteiger partial charge in [-0.3, -0.25) is 0 Å². The number of benzene rings is 2. The first-order chi connectivity index (χ1) is 12.6. The Balaban J connectivity index is 0.000000173. The van der Waals surface area contributed by atoms with Gasteiger partial charge in [0.2, 0.25) is 16.8 Å². The highest BCUT2D eigenvalue weighted by molar-refractivity contribution is 7.48. The van der Waals surface area contributed by atoms with Crippen molar-refractivity contribution in [3.63, 3.8) is 0 Å². The van der Waals surface area contributed by atoms with E-state index in [0.717, 1.165) is 22.6 Å². The molecule has 0 fully saturated rings. The number of rotatable bonds is 1. The van der Waals surface area contributed by atoms with E-state index in [-0.39, 0.29) is 0 Å². The molecule has 2 aliphatic heterocycles. The molecule has 4 rings (SSSR count). The topological polar surface area (TPSA) is 36.9 Å². The molecule has 0 saturated heterocycles. The summed E-state index contributed by atoms with van der Waals surface area (Å²) in [5.41, 5.74) is 2.76. The molecule has 2 atom stereocenters. The SMILES string of the molecule is CC.CC(C)P1OCc2ccccc2O1.CP1OCc2ccccc2O1. The van der Waals surface area contributed by atoms with Crippen LogP contribution < -0.4 is 9.05 Å². The van der Waals surface area contributed by atoms with Gasteiger partial charge in [-0.25, -0.2) is 0 Å². The van der Waals surface area contributed by atoms with Crippen LogP contribution in [0.4, 0.5) is 0 Å². The Morgan fingerprint density at radius 2 is 1.27 bits per heavy atom. The van der Waals surface area contributed by atoms with Gasteiger partial charge in [0, 0.05) is 23.5 Å². The van der Waals surface area contributed by atoms with Gasteiger partial charge < -0.3 is 18.1 Å². The van der Waals surface area contributed by atoms with Crippen molar-refractivity contribution in [3.05, 3.63) is 59.7 Å². The second-order valence-corrected chi connectivity index (χ2v) is 9.13. The molecule has 26 heavy (non-hydrogen) atoms. The van der Waals surface area contributed by atoms with E-state index in [1.54, 1.807) is 0 Å². The van der Waals surface area contributed by atoms with Crippen LogP contribution in [0.1, 0.15) is 38.8 Å². The summed E-state index contributed by atoms with van der Waals surface area (Å²) in [5.74, 6) is 1.97. The molecule has 0 saturated carbocycles. The highest BCUT2D eigenvalue weighted by atomic mass is 31.2. The zero-order valence-corrected chi connectivity index (χ0v) is 17.9. The van der Waals surface area contributed by atoms with E-state index in [4.69, 9.17) is 18.1 Å². The molecule has 2 heterocycles. The van der Waals surface area contributed by atoms with Gasteiger partial charge in [-0.15, -0.1) is 0 Å². The average molecular weight is 394 g/mol. The first-order valence-electron chi connectivity index (χ1n) is 8.94. The number of fused-ring (bicyclic) bond motifs is 2. The number of para-hydroxylation sites is 2. The molecular weight excluding hydrogens is 366 g/mol. The smallest absolute Gasteiger partial charge is 0.233 e. The second-order valence-electron chi connectivity index (χ2n) is 5.76. The quantitative estimate of drug-likeness (QED) is 0.494. The molecule has 4 nitrogen and oxygen atoms in total. The molecular formula is C20H28O4P2. The molecule has 2 aromatic carbocycles. The lowest BCUT2D eigenvalue weighted by Crippen LogP contribution is -2.09. The lowest BCUT2D eigenvalue weighted by molar-refractivity contribution is 0.273. The minimum absolute atomic E-state index is 0.461. The Labute approximate surface area is 159 Å². The summed E-state index contributed by atoms with van der Waals surface area (Å²) >= 11 is 0. The molecule has 142 valence electrons. The van der Waals surface area contributed by atoms with Crippen molar-refractivity contribution in [3.8, 4) is 11.5 Å². The second kappa shape index (κ2) is 10.8. The lowest BCUT2D eigenvalue weighted by atomic mass is 10.2. The van der Waals surface area contributed by atoms with E-state index in [9.17, 15) is 0 Å². The van der Waals surface area contributed by atoms with Crippen LogP contribution in [-0.4, -0.2) is 12.3 Å². The molecule has 0 aromatic heterocycles. The van der Waals surface area contributed by atoms with Gasteiger partial charge in [0.1, 0.15) is 11.5 Å². The molecule has 0 spiro atoms. The van der Waals surface area contributed by atoms with Gasteiger partial charge in [-0.1, -0.05) is 64.1 Å². The lowest BCUT2D eigenvalue weighted by Gasteiger charge is -2.27. The molecule has 0 bridgehead atoms. The molecule has 6 heteroatoms. The normalized spacial score (nSPS) is 20.1. The maximum atomic E-state index is 5.74. The van der Waals surface area contributed by atoms with E-state index in [1.807, 2.05) is 69.0 Å². The molecule has 0 amide bonds.